The number of hydrogen-bond donors (Lipinski definition) is 2. The van der Waals surface area contributed by atoms with E-state index in [1.165, 1.54) is 0 Å². The molecule has 0 aliphatic carbocycles. The van der Waals surface area contributed by atoms with Crippen LogP contribution in [0.2, 0.25) is 0 Å². The summed E-state index contributed by atoms with van der Waals surface area (Å²) in [6.07, 6.45) is 0. The summed E-state index contributed by atoms with van der Waals surface area (Å²) in [5.41, 5.74) is 3.81. The zero-order chi connectivity index (χ0) is 22.8. The van der Waals surface area contributed by atoms with Gasteiger partial charge in [0.1, 0.15) is 0 Å². The third-order valence-corrected chi connectivity index (χ3v) is 5.38. The maximum absolute atomic E-state index is 12.6. The average Bonchev–Trinajstić information content (AvgIpc) is 2.79. The van der Waals surface area contributed by atoms with E-state index in [1.807, 2.05) is 72.8 Å². The van der Waals surface area contributed by atoms with Gasteiger partial charge in [-0.3, -0.25) is 9.59 Å². The molecule has 0 atom stereocenters. The Balaban J connectivity index is 2.09. The van der Waals surface area contributed by atoms with Crippen LogP contribution < -0.4 is 10.6 Å². The number of hydrogen-bond acceptors (Lipinski definition) is 2. The number of benzene rings is 4. The second-order valence-corrected chi connectivity index (χ2v) is 7.89. The van der Waals surface area contributed by atoms with E-state index >= 15 is 0 Å². The Morgan fingerprint density at radius 1 is 0.594 bits per heavy atom. The van der Waals surface area contributed by atoms with E-state index < -0.39 is 0 Å². The van der Waals surface area contributed by atoms with Crippen molar-refractivity contribution in [3.63, 3.8) is 0 Å². The predicted molar refractivity (Wildman–Crippen MR) is 134 cm³/mol. The average molecular weight is 421 g/mol. The topological polar surface area (TPSA) is 58.2 Å². The molecule has 0 saturated heterocycles. The Morgan fingerprint density at radius 3 is 1.34 bits per heavy atom. The summed E-state index contributed by atoms with van der Waals surface area (Å²) in [4.78, 5) is 25.1. The molecule has 4 heteroatoms. The van der Waals surface area contributed by atoms with Crippen LogP contribution in [0.5, 0.6) is 0 Å². The van der Waals surface area contributed by atoms with E-state index in [9.17, 15) is 9.59 Å². The van der Waals surface area contributed by atoms with Crippen molar-refractivity contribution in [1.29, 1.82) is 0 Å². The largest absolute Gasteiger partial charge is 0.322 e. The summed E-state index contributed by atoms with van der Waals surface area (Å²) in [7, 11) is 0. The van der Waals surface area contributed by atoms with Crippen LogP contribution in [0.25, 0.3) is 32.7 Å². The Hall–Kier alpha value is -4.18. The highest BCUT2D eigenvalue weighted by Gasteiger charge is 2.19. The minimum atomic E-state index is -0.255. The molecule has 0 aromatic heterocycles. The van der Waals surface area contributed by atoms with Crippen molar-refractivity contribution in [3.05, 3.63) is 97.1 Å². The summed E-state index contributed by atoms with van der Waals surface area (Å²) < 4.78 is 0. The van der Waals surface area contributed by atoms with Gasteiger partial charge in [0.15, 0.2) is 0 Å². The number of rotatable bonds is 5. The lowest BCUT2D eigenvalue weighted by atomic mass is 9.90. The molecule has 0 bridgehead atoms. The number of carbonyl (C=O) groups excluding carboxylic acids is 2. The molecule has 0 heterocycles. The minimum Gasteiger partial charge on any atom is -0.322 e. The Kier molecular flexibility index (Phi) is 5.61. The predicted octanol–water partition coefficient (Wildman–Crippen LogP) is 6.69. The second kappa shape index (κ2) is 8.52. The number of carbonyl (C=O) groups is 2. The van der Waals surface area contributed by atoms with Gasteiger partial charge in [-0.2, -0.15) is 0 Å². The highest BCUT2D eigenvalue weighted by atomic mass is 16.2. The van der Waals surface area contributed by atoms with E-state index in [4.69, 9.17) is 0 Å². The van der Waals surface area contributed by atoms with Crippen molar-refractivity contribution < 1.29 is 9.59 Å². The van der Waals surface area contributed by atoms with Crippen molar-refractivity contribution in [2.24, 2.45) is 0 Å². The van der Waals surface area contributed by atoms with Gasteiger partial charge in [-0.25, -0.2) is 0 Å². The number of nitrogens with one attached hydrogen (secondary N) is 2. The van der Waals surface area contributed by atoms with E-state index in [1.54, 1.807) is 13.8 Å². The van der Waals surface area contributed by atoms with Crippen LogP contribution in [0.3, 0.4) is 0 Å². The lowest BCUT2D eigenvalue weighted by molar-refractivity contribution is -0.113. The third kappa shape index (κ3) is 3.91. The molecule has 0 aliphatic rings. The van der Waals surface area contributed by atoms with E-state index in [0.717, 1.165) is 32.7 Å². The smallest absolute Gasteiger partial charge is 0.250 e. The maximum atomic E-state index is 12.6. The fraction of sp³-hybridized carbons (Fsp3) is 0.0714. The number of anilines is 2. The van der Waals surface area contributed by atoms with Crippen LogP contribution in [-0.4, -0.2) is 11.8 Å². The summed E-state index contributed by atoms with van der Waals surface area (Å²) >= 11 is 0. The molecule has 2 N–H and O–H groups in total. The van der Waals surface area contributed by atoms with Crippen molar-refractivity contribution in [3.8, 4) is 11.1 Å². The van der Waals surface area contributed by atoms with Gasteiger partial charge in [0.05, 0.1) is 0 Å². The molecule has 4 aromatic rings. The molecule has 4 nitrogen and oxygen atoms in total. The molecule has 0 radical (unpaired) electrons. The summed E-state index contributed by atoms with van der Waals surface area (Å²) in [6.45, 7) is 10.9. The number of amides is 2. The summed E-state index contributed by atoms with van der Waals surface area (Å²) in [5.74, 6) is -0.511. The molecule has 158 valence electrons. The lowest BCUT2D eigenvalue weighted by Crippen LogP contribution is -2.14. The maximum Gasteiger partial charge on any atom is 0.250 e. The summed E-state index contributed by atoms with van der Waals surface area (Å²) in [5, 5.41) is 9.99. The van der Waals surface area contributed by atoms with Gasteiger partial charge < -0.3 is 10.6 Å². The van der Waals surface area contributed by atoms with Gasteiger partial charge in [-0.15, -0.1) is 0 Å². The van der Waals surface area contributed by atoms with Crippen molar-refractivity contribution in [2.75, 3.05) is 10.6 Å². The SMILES string of the molecule is C=C(C)C(=O)Nc1ccc2ccccc2c1-c1c(NC(=O)C(=C)C)ccc2ccccc12. The third-order valence-electron chi connectivity index (χ3n) is 5.38. The molecular formula is C28H24N2O2. The molecule has 32 heavy (non-hydrogen) atoms. The molecule has 0 aliphatic heterocycles. The highest BCUT2D eigenvalue weighted by Crippen LogP contribution is 2.43. The molecule has 0 unspecified atom stereocenters. The molecule has 4 aromatic carbocycles. The van der Waals surface area contributed by atoms with Crippen molar-refractivity contribution >= 4 is 44.7 Å². The van der Waals surface area contributed by atoms with Gasteiger partial charge in [-0.05, 0) is 47.5 Å². The first-order chi connectivity index (χ1) is 15.4. The normalized spacial score (nSPS) is 10.7. The first-order valence-electron chi connectivity index (χ1n) is 10.3. The fourth-order valence-corrected chi connectivity index (χ4v) is 3.75. The van der Waals surface area contributed by atoms with Gasteiger partial charge in [0.2, 0.25) is 0 Å². The van der Waals surface area contributed by atoms with Gasteiger partial charge in [0.25, 0.3) is 11.8 Å². The van der Waals surface area contributed by atoms with Crippen LogP contribution in [0, 0.1) is 0 Å². The molecule has 0 spiro atoms. The fourth-order valence-electron chi connectivity index (χ4n) is 3.75. The van der Waals surface area contributed by atoms with Crippen LogP contribution in [0.15, 0.2) is 97.1 Å². The second-order valence-electron chi connectivity index (χ2n) is 7.89. The lowest BCUT2D eigenvalue weighted by Gasteiger charge is -2.20. The first kappa shape index (κ1) is 21.1. The summed E-state index contributed by atoms with van der Waals surface area (Å²) in [6, 6.07) is 23.7. The molecule has 0 fully saturated rings. The van der Waals surface area contributed by atoms with Crippen LogP contribution in [0.1, 0.15) is 13.8 Å². The Labute approximate surface area is 187 Å². The number of fused-ring (bicyclic) bond motifs is 2. The van der Waals surface area contributed by atoms with Crippen LogP contribution in [0.4, 0.5) is 11.4 Å². The Bertz CT molecular complexity index is 1310. The van der Waals surface area contributed by atoms with Gasteiger partial charge in [-0.1, -0.05) is 73.8 Å². The highest BCUT2D eigenvalue weighted by molar-refractivity contribution is 6.18. The van der Waals surface area contributed by atoms with E-state index in [-0.39, 0.29) is 11.8 Å². The van der Waals surface area contributed by atoms with Gasteiger partial charge in [0, 0.05) is 33.6 Å². The zero-order valence-corrected chi connectivity index (χ0v) is 18.2. The monoisotopic (exact) mass is 420 g/mol. The van der Waals surface area contributed by atoms with Gasteiger partial charge >= 0.3 is 0 Å². The van der Waals surface area contributed by atoms with Crippen molar-refractivity contribution in [1.82, 2.24) is 0 Å². The molecule has 4 rings (SSSR count). The quantitative estimate of drug-likeness (QED) is 0.353. The van der Waals surface area contributed by atoms with Crippen molar-refractivity contribution in [2.45, 2.75) is 13.8 Å². The molecule has 0 saturated carbocycles. The van der Waals surface area contributed by atoms with Crippen LogP contribution in [-0.2, 0) is 9.59 Å². The minimum absolute atomic E-state index is 0.255. The van der Waals surface area contributed by atoms with E-state index in [0.29, 0.717) is 22.5 Å². The zero-order valence-electron chi connectivity index (χ0n) is 18.2. The first-order valence-corrected chi connectivity index (χ1v) is 10.3. The standard InChI is InChI=1S/C28H24N2O2/c1-17(2)27(31)29-23-15-13-19-9-5-7-11-21(19)25(23)26-22-12-8-6-10-20(22)14-16-24(26)30-28(32)18(3)4/h5-16H,1,3H2,2,4H3,(H,29,31)(H,30,32). The van der Waals surface area contributed by atoms with E-state index in [2.05, 4.69) is 23.8 Å². The Morgan fingerprint density at radius 2 is 0.969 bits per heavy atom. The molecular weight excluding hydrogens is 396 g/mol. The molecule has 2 amide bonds. The van der Waals surface area contributed by atoms with Crippen LogP contribution >= 0.6 is 0 Å².